The Labute approximate surface area is 173 Å². The zero-order chi connectivity index (χ0) is 20.9. The molecule has 29 heavy (non-hydrogen) atoms. The molecule has 1 aromatic carbocycles. The van der Waals surface area contributed by atoms with Crippen LogP contribution < -0.4 is 15.0 Å². The van der Waals surface area contributed by atoms with Gasteiger partial charge in [0.25, 0.3) is 5.91 Å². The zero-order valence-electron chi connectivity index (χ0n) is 17.8. The largest absolute Gasteiger partial charge is 0.482 e. The predicted molar refractivity (Wildman–Crippen MR) is 112 cm³/mol. The second-order valence-corrected chi connectivity index (χ2v) is 8.67. The lowest BCUT2D eigenvalue weighted by Gasteiger charge is -2.31. The summed E-state index contributed by atoms with van der Waals surface area (Å²) >= 11 is 0. The van der Waals surface area contributed by atoms with E-state index in [4.69, 9.17) is 9.47 Å². The standard InChI is InChI=1S/C22H33N3O4/c1-22(2,3)17-6-7-19-18(15-17)25(21(27)16-29-19)9-4-5-20(26)23-8-10-24-11-13-28-14-12-24/h6-7,15H,4-5,8-14,16H2,1-3H3,(H,23,26). The predicted octanol–water partition coefficient (Wildman–Crippen LogP) is 1.94. The van der Waals surface area contributed by atoms with E-state index in [1.54, 1.807) is 4.90 Å². The number of anilines is 1. The Hall–Kier alpha value is -2.12. The first-order valence-corrected chi connectivity index (χ1v) is 10.5. The highest BCUT2D eigenvalue weighted by Crippen LogP contribution is 2.36. The van der Waals surface area contributed by atoms with Crippen molar-refractivity contribution in [2.45, 2.75) is 39.0 Å². The van der Waals surface area contributed by atoms with Crippen molar-refractivity contribution in [3.63, 3.8) is 0 Å². The van der Waals surface area contributed by atoms with Crippen LogP contribution in [0.5, 0.6) is 5.75 Å². The van der Waals surface area contributed by atoms with Crippen LogP contribution >= 0.6 is 0 Å². The van der Waals surface area contributed by atoms with Gasteiger partial charge in [0.1, 0.15) is 5.75 Å². The van der Waals surface area contributed by atoms with Gasteiger partial charge < -0.3 is 19.7 Å². The number of benzene rings is 1. The van der Waals surface area contributed by atoms with Gasteiger partial charge in [-0.1, -0.05) is 26.8 Å². The normalized spacial score (nSPS) is 17.6. The fraction of sp³-hybridized carbons (Fsp3) is 0.636. The van der Waals surface area contributed by atoms with Crippen LogP contribution in [0.2, 0.25) is 0 Å². The van der Waals surface area contributed by atoms with Gasteiger partial charge in [-0.3, -0.25) is 14.5 Å². The number of rotatable bonds is 7. The molecule has 0 bridgehead atoms. The smallest absolute Gasteiger partial charge is 0.265 e. The van der Waals surface area contributed by atoms with Crippen LogP contribution in [-0.2, 0) is 19.7 Å². The molecule has 2 aliphatic heterocycles. The lowest BCUT2D eigenvalue weighted by molar-refractivity contribution is -0.122. The molecule has 1 aromatic rings. The molecule has 1 fully saturated rings. The summed E-state index contributed by atoms with van der Waals surface area (Å²) in [5.74, 6) is 0.700. The van der Waals surface area contributed by atoms with Crippen LogP contribution in [0, 0.1) is 0 Å². The van der Waals surface area contributed by atoms with Gasteiger partial charge >= 0.3 is 0 Å². The summed E-state index contributed by atoms with van der Waals surface area (Å²) in [5.41, 5.74) is 1.95. The third-order valence-electron chi connectivity index (χ3n) is 5.41. The van der Waals surface area contributed by atoms with Crippen molar-refractivity contribution in [1.82, 2.24) is 10.2 Å². The molecule has 7 nitrogen and oxygen atoms in total. The molecule has 1 saturated heterocycles. The number of hydrogen-bond donors (Lipinski definition) is 1. The molecular formula is C22H33N3O4. The third-order valence-corrected chi connectivity index (χ3v) is 5.41. The monoisotopic (exact) mass is 403 g/mol. The maximum absolute atomic E-state index is 12.4. The SMILES string of the molecule is CC(C)(C)c1ccc2c(c1)N(CCCC(=O)NCCN1CCOCC1)C(=O)CO2. The van der Waals surface area contributed by atoms with Gasteiger partial charge in [0.15, 0.2) is 6.61 Å². The van der Waals surface area contributed by atoms with Crippen LogP contribution in [0.15, 0.2) is 18.2 Å². The highest BCUT2D eigenvalue weighted by molar-refractivity contribution is 5.98. The van der Waals surface area contributed by atoms with Crippen LogP contribution in [0.25, 0.3) is 0 Å². The minimum atomic E-state index is -0.0590. The number of nitrogens with zero attached hydrogens (tertiary/aromatic N) is 2. The molecule has 1 N–H and O–H groups in total. The van der Waals surface area contributed by atoms with Gasteiger partial charge in [0.05, 0.1) is 18.9 Å². The summed E-state index contributed by atoms with van der Waals surface area (Å²) in [5, 5.41) is 2.98. The summed E-state index contributed by atoms with van der Waals surface area (Å²) in [6.45, 7) is 11.9. The van der Waals surface area contributed by atoms with E-state index < -0.39 is 0 Å². The molecule has 2 aliphatic rings. The van der Waals surface area contributed by atoms with Crippen molar-refractivity contribution >= 4 is 17.5 Å². The van der Waals surface area contributed by atoms with Crippen LogP contribution in [0.3, 0.4) is 0 Å². The van der Waals surface area contributed by atoms with E-state index in [-0.39, 0.29) is 23.8 Å². The first-order chi connectivity index (χ1) is 13.8. The Morgan fingerprint density at radius 2 is 1.93 bits per heavy atom. The molecular weight excluding hydrogens is 370 g/mol. The van der Waals surface area contributed by atoms with Gasteiger partial charge in [-0.05, 0) is 29.5 Å². The van der Waals surface area contributed by atoms with E-state index in [1.807, 2.05) is 12.1 Å². The molecule has 7 heteroatoms. The van der Waals surface area contributed by atoms with Gasteiger partial charge in [0, 0.05) is 39.1 Å². The molecule has 0 unspecified atom stereocenters. The number of nitrogens with one attached hydrogen (secondary N) is 1. The van der Waals surface area contributed by atoms with Crippen LogP contribution in [0.1, 0.15) is 39.2 Å². The Kier molecular flexibility index (Phi) is 7.14. The van der Waals surface area contributed by atoms with E-state index in [0.29, 0.717) is 25.9 Å². The van der Waals surface area contributed by atoms with Crippen molar-refractivity contribution in [3.05, 3.63) is 23.8 Å². The van der Waals surface area contributed by atoms with Gasteiger partial charge in [-0.25, -0.2) is 0 Å². The topological polar surface area (TPSA) is 71.1 Å². The molecule has 0 saturated carbocycles. The average molecular weight is 404 g/mol. The van der Waals surface area contributed by atoms with Crippen LogP contribution in [-0.4, -0.2) is 69.3 Å². The van der Waals surface area contributed by atoms with Gasteiger partial charge in [-0.15, -0.1) is 0 Å². The number of carbonyl (C=O) groups excluding carboxylic acids is 2. The number of hydrogen-bond acceptors (Lipinski definition) is 5. The zero-order valence-corrected chi connectivity index (χ0v) is 17.8. The quantitative estimate of drug-likeness (QED) is 0.753. The summed E-state index contributed by atoms with van der Waals surface area (Å²) in [6.07, 6.45) is 1.02. The highest BCUT2D eigenvalue weighted by Gasteiger charge is 2.27. The number of morpholine rings is 1. The molecule has 2 heterocycles. The Morgan fingerprint density at radius 1 is 1.17 bits per heavy atom. The van der Waals surface area contributed by atoms with Gasteiger partial charge in [0.2, 0.25) is 5.91 Å². The van der Waals surface area contributed by atoms with E-state index in [0.717, 1.165) is 49.8 Å². The fourth-order valence-electron chi connectivity index (χ4n) is 3.58. The average Bonchev–Trinajstić information content (AvgIpc) is 2.69. The molecule has 2 amide bonds. The fourth-order valence-corrected chi connectivity index (χ4v) is 3.58. The molecule has 3 rings (SSSR count). The van der Waals surface area contributed by atoms with Crippen molar-refractivity contribution in [2.75, 3.05) is 57.4 Å². The van der Waals surface area contributed by atoms with E-state index in [1.165, 1.54) is 0 Å². The van der Waals surface area contributed by atoms with Crippen LogP contribution in [0.4, 0.5) is 5.69 Å². The highest BCUT2D eigenvalue weighted by atomic mass is 16.5. The Balaban J connectivity index is 1.48. The first-order valence-electron chi connectivity index (χ1n) is 10.5. The number of amides is 2. The Morgan fingerprint density at radius 3 is 2.66 bits per heavy atom. The lowest BCUT2D eigenvalue weighted by atomic mass is 9.86. The maximum Gasteiger partial charge on any atom is 0.265 e. The molecule has 0 aliphatic carbocycles. The molecule has 160 valence electrons. The molecule has 0 aromatic heterocycles. The lowest BCUT2D eigenvalue weighted by Crippen LogP contribution is -2.42. The summed E-state index contributed by atoms with van der Waals surface area (Å²) < 4.78 is 10.9. The number of fused-ring (bicyclic) bond motifs is 1. The van der Waals surface area contributed by atoms with E-state index >= 15 is 0 Å². The van der Waals surface area contributed by atoms with E-state index in [9.17, 15) is 9.59 Å². The second kappa shape index (κ2) is 9.59. The van der Waals surface area contributed by atoms with Crippen molar-refractivity contribution in [2.24, 2.45) is 0 Å². The van der Waals surface area contributed by atoms with E-state index in [2.05, 4.69) is 37.1 Å². The second-order valence-electron chi connectivity index (χ2n) is 8.67. The minimum absolute atomic E-state index is 0.0123. The van der Waals surface area contributed by atoms with Crippen molar-refractivity contribution < 1.29 is 19.1 Å². The first kappa shape index (κ1) is 21.6. The maximum atomic E-state index is 12.4. The number of carbonyl (C=O) groups is 2. The molecule has 0 radical (unpaired) electrons. The Bertz CT molecular complexity index is 723. The van der Waals surface area contributed by atoms with Crippen molar-refractivity contribution in [3.8, 4) is 5.75 Å². The summed E-state index contributed by atoms with van der Waals surface area (Å²) in [6, 6.07) is 6.03. The van der Waals surface area contributed by atoms with Gasteiger partial charge in [-0.2, -0.15) is 0 Å². The number of ether oxygens (including phenoxy) is 2. The molecule has 0 spiro atoms. The molecule has 0 atom stereocenters. The summed E-state index contributed by atoms with van der Waals surface area (Å²) in [4.78, 5) is 28.6. The summed E-state index contributed by atoms with van der Waals surface area (Å²) in [7, 11) is 0. The van der Waals surface area contributed by atoms with Crippen molar-refractivity contribution in [1.29, 1.82) is 0 Å². The third kappa shape index (κ3) is 5.93. The minimum Gasteiger partial charge on any atom is -0.482 e.